The van der Waals surface area contributed by atoms with Crippen LogP contribution >= 0.6 is 0 Å². The van der Waals surface area contributed by atoms with Gasteiger partial charge in [0.2, 0.25) is 0 Å². The van der Waals surface area contributed by atoms with E-state index in [1.165, 1.54) is 0 Å². The number of carboxylic acid groups (broad SMARTS) is 2. The summed E-state index contributed by atoms with van der Waals surface area (Å²) in [6.45, 7) is 2.06. The molecule has 5 heteroatoms. The van der Waals surface area contributed by atoms with Crippen molar-refractivity contribution >= 4 is 11.9 Å². The van der Waals surface area contributed by atoms with E-state index >= 15 is 0 Å². The molecule has 4 N–H and O–H groups in total. The highest BCUT2D eigenvalue weighted by Gasteiger charge is 1.91. The first-order valence-corrected chi connectivity index (χ1v) is 3.68. The number of hydrogen-bond acceptors (Lipinski definition) is 3. The lowest BCUT2D eigenvalue weighted by molar-refractivity contribution is -0.137. The van der Waals surface area contributed by atoms with Gasteiger partial charge in [0.05, 0.1) is 0 Å². The molecule has 0 aromatic carbocycles. The summed E-state index contributed by atoms with van der Waals surface area (Å²) in [5, 5.41) is 15.7. The minimum absolute atomic E-state index is 0.191. The van der Waals surface area contributed by atoms with Crippen LogP contribution in [0.2, 0.25) is 0 Å². The van der Waals surface area contributed by atoms with E-state index in [9.17, 15) is 9.59 Å². The van der Waals surface area contributed by atoms with Crippen molar-refractivity contribution in [2.75, 3.05) is 6.54 Å². The molecule has 0 saturated heterocycles. The molecule has 0 atom stereocenters. The average molecular weight is 177 g/mol. The maximum atomic E-state index is 9.70. The van der Waals surface area contributed by atoms with Crippen LogP contribution in [0.3, 0.4) is 0 Å². The lowest BCUT2D eigenvalue weighted by Crippen LogP contribution is -2.02. The SMILES string of the molecule is CCC(=O)O.NCCCC(=O)O. The van der Waals surface area contributed by atoms with Crippen LogP contribution in [-0.2, 0) is 9.59 Å². The largest absolute Gasteiger partial charge is 0.481 e. The summed E-state index contributed by atoms with van der Waals surface area (Å²) >= 11 is 0. The first kappa shape index (κ1) is 13.5. The molecule has 0 aromatic rings. The normalized spacial score (nSPS) is 8.17. The molecule has 0 aliphatic heterocycles. The van der Waals surface area contributed by atoms with E-state index in [0.29, 0.717) is 13.0 Å². The fourth-order valence-corrected chi connectivity index (χ4v) is 0.253. The molecule has 0 bridgehead atoms. The third-order valence-corrected chi connectivity index (χ3v) is 0.897. The zero-order valence-corrected chi connectivity index (χ0v) is 7.12. The number of carboxylic acids is 2. The Morgan fingerprint density at radius 3 is 1.75 bits per heavy atom. The molecule has 0 aliphatic rings. The molecule has 0 aliphatic carbocycles. The van der Waals surface area contributed by atoms with Crippen molar-refractivity contribution in [3.05, 3.63) is 0 Å². The molecule has 0 saturated carbocycles. The van der Waals surface area contributed by atoms with Crippen molar-refractivity contribution in [1.82, 2.24) is 0 Å². The third kappa shape index (κ3) is 23.1. The number of carbonyl (C=O) groups is 2. The van der Waals surface area contributed by atoms with Crippen LogP contribution in [0.25, 0.3) is 0 Å². The van der Waals surface area contributed by atoms with Gasteiger partial charge in [-0.25, -0.2) is 0 Å². The molecular weight excluding hydrogens is 162 g/mol. The topological polar surface area (TPSA) is 101 Å². The molecule has 0 fully saturated rings. The predicted molar refractivity (Wildman–Crippen MR) is 43.9 cm³/mol. The Morgan fingerprint density at radius 1 is 1.25 bits per heavy atom. The van der Waals surface area contributed by atoms with Gasteiger partial charge in [-0.2, -0.15) is 0 Å². The van der Waals surface area contributed by atoms with Crippen molar-refractivity contribution in [3.8, 4) is 0 Å². The van der Waals surface area contributed by atoms with E-state index in [1.807, 2.05) is 0 Å². The number of nitrogens with two attached hydrogens (primary N) is 1. The van der Waals surface area contributed by atoms with Gasteiger partial charge in [0, 0.05) is 12.8 Å². The van der Waals surface area contributed by atoms with Gasteiger partial charge in [0.1, 0.15) is 0 Å². The van der Waals surface area contributed by atoms with E-state index in [1.54, 1.807) is 6.92 Å². The van der Waals surface area contributed by atoms with Gasteiger partial charge >= 0.3 is 11.9 Å². The van der Waals surface area contributed by atoms with Gasteiger partial charge in [-0.15, -0.1) is 0 Å². The molecule has 12 heavy (non-hydrogen) atoms. The summed E-state index contributed by atoms with van der Waals surface area (Å²) in [4.78, 5) is 19.1. The average Bonchev–Trinajstić information content (AvgIpc) is 2.02. The van der Waals surface area contributed by atoms with Crippen LogP contribution < -0.4 is 5.73 Å². The summed E-state index contributed by atoms with van der Waals surface area (Å²) in [7, 11) is 0. The van der Waals surface area contributed by atoms with Crippen LogP contribution in [0, 0.1) is 0 Å². The lowest BCUT2D eigenvalue weighted by Gasteiger charge is -1.86. The second-order valence-corrected chi connectivity index (χ2v) is 2.03. The standard InChI is InChI=1S/C4H9NO2.C3H6O2/c5-3-1-2-4(6)7;1-2-3(4)5/h1-3,5H2,(H,6,7);2H2,1H3,(H,4,5). The Morgan fingerprint density at radius 2 is 1.67 bits per heavy atom. The molecule has 5 nitrogen and oxygen atoms in total. The summed E-state index contributed by atoms with van der Waals surface area (Å²) in [6.07, 6.45) is 0.992. The van der Waals surface area contributed by atoms with Crippen LogP contribution in [0.1, 0.15) is 26.2 Å². The maximum Gasteiger partial charge on any atom is 0.303 e. The molecule has 0 spiro atoms. The number of rotatable bonds is 4. The zero-order chi connectivity index (χ0) is 9.98. The molecular formula is C7H15NO4. The highest BCUT2D eigenvalue weighted by atomic mass is 16.4. The van der Waals surface area contributed by atoms with Crippen molar-refractivity contribution in [3.63, 3.8) is 0 Å². The quantitative estimate of drug-likeness (QED) is 0.573. The fourth-order valence-electron chi connectivity index (χ4n) is 0.253. The van der Waals surface area contributed by atoms with Crippen LogP contribution in [0.15, 0.2) is 0 Å². The van der Waals surface area contributed by atoms with Crippen molar-refractivity contribution < 1.29 is 19.8 Å². The second kappa shape index (κ2) is 9.90. The monoisotopic (exact) mass is 177 g/mol. The minimum Gasteiger partial charge on any atom is -0.481 e. The van der Waals surface area contributed by atoms with Gasteiger partial charge in [-0.05, 0) is 13.0 Å². The summed E-state index contributed by atoms with van der Waals surface area (Å²) in [5.41, 5.74) is 5.01. The Kier molecular flexibility index (Phi) is 11.1. The molecule has 0 unspecified atom stereocenters. The second-order valence-electron chi connectivity index (χ2n) is 2.03. The van der Waals surface area contributed by atoms with Gasteiger partial charge in [-0.3, -0.25) is 9.59 Å². The molecule has 0 rings (SSSR count). The van der Waals surface area contributed by atoms with Gasteiger partial charge in [0.15, 0.2) is 0 Å². The maximum absolute atomic E-state index is 9.70. The molecule has 0 heterocycles. The van der Waals surface area contributed by atoms with Crippen molar-refractivity contribution in [2.45, 2.75) is 26.2 Å². The Hall–Kier alpha value is -1.10. The van der Waals surface area contributed by atoms with Crippen LogP contribution in [0.5, 0.6) is 0 Å². The first-order valence-electron chi connectivity index (χ1n) is 3.68. The predicted octanol–water partition coefficient (Wildman–Crippen LogP) is 0.291. The number of hydrogen-bond donors (Lipinski definition) is 3. The van der Waals surface area contributed by atoms with Crippen LogP contribution in [0.4, 0.5) is 0 Å². The first-order chi connectivity index (χ1) is 5.54. The highest BCUT2D eigenvalue weighted by molar-refractivity contribution is 5.66. The van der Waals surface area contributed by atoms with Gasteiger partial charge < -0.3 is 15.9 Å². The summed E-state index contributed by atoms with van der Waals surface area (Å²) in [5.74, 6) is -1.52. The Balaban J connectivity index is 0. The van der Waals surface area contributed by atoms with Crippen LogP contribution in [-0.4, -0.2) is 28.7 Å². The zero-order valence-electron chi connectivity index (χ0n) is 7.12. The van der Waals surface area contributed by atoms with E-state index < -0.39 is 11.9 Å². The minimum atomic E-state index is -0.773. The van der Waals surface area contributed by atoms with Crippen molar-refractivity contribution in [2.24, 2.45) is 5.73 Å². The third-order valence-electron chi connectivity index (χ3n) is 0.897. The molecule has 72 valence electrons. The molecule has 0 radical (unpaired) electrons. The molecule has 0 amide bonds. The lowest BCUT2D eigenvalue weighted by atomic mass is 10.3. The number of aliphatic carboxylic acids is 2. The Labute approximate surface area is 71.2 Å². The Bertz CT molecular complexity index is 135. The molecule has 0 aromatic heterocycles. The van der Waals surface area contributed by atoms with Crippen molar-refractivity contribution in [1.29, 1.82) is 0 Å². The smallest absolute Gasteiger partial charge is 0.303 e. The summed E-state index contributed by atoms with van der Waals surface area (Å²) < 4.78 is 0. The van der Waals surface area contributed by atoms with Gasteiger partial charge in [0.25, 0.3) is 0 Å². The fraction of sp³-hybridized carbons (Fsp3) is 0.714. The van der Waals surface area contributed by atoms with E-state index in [0.717, 1.165) is 0 Å². The summed E-state index contributed by atoms with van der Waals surface area (Å²) in [6, 6.07) is 0. The van der Waals surface area contributed by atoms with E-state index in [4.69, 9.17) is 15.9 Å². The van der Waals surface area contributed by atoms with E-state index in [-0.39, 0.29) is 12.8 Å². The van der Waals surface area contributed by atoms with Gasteiger partial charge in [-0.1, -0.05) is 6.92 Å². The van der Waals surface area contributed by atoms with E-state index in [2.05, 4.69) is 0 Å². The highest BCUT2D eigenvalue weighted by Crippen LogP contribution is 1.82.